The van der Waals surface area contributed by atoms with Crippen molar-refractivity contribution in [1.82, 2.24) is 0 Å². The van der Waals surface area contributed by atoms with Gasteiger partial charge in [0.1, 0.15) is 0 Å². The molecule has 0 radical (unpaired) electrons. The average molecular weight is 259 g/mol. The Morgan fingerprint density at radius 1 is 0.765 bits per heavy atom. The van der Waals surface area contributed by atoms with Crippen LogP contribution >= 0.6 is 11.8 Å². The van der Waals surface area contributed by atoms with Gasteiger partial charge in [-0.05, 0) is 36.2 Å². The molecule has 0 aliphatic heterocycles. The van der Waals surface area contributed by atoms with Gasteiger partial charge in [-0.25, -0.2) is 0 Å². The summed E-state index contributed by atoms with van der Waals surface area (Å²) < 4.78 is 0. The molecule has 0 aliphatic carbocycles. The molecule has 0 nitrogen and oxygen atoms in total. The second kappa shape index (κ2) is 11.4. The predicted octanol–water partition coefficient (Wildman–Crippen LogP) is 6.30. The third-order valence-electron chi connectivity index (χ3n) is 3.82. The van der Waals surface area contributed by atoms with E-state index in [1.54, 1.807) is 0 Å². The molecule has 0 fully saturated rings. The summed E-state index contributed by atoms with van der Waals surface area (Å²) in [5.41, 5.74) is 0.631. The molecule has 17 heavy (non-hydrogen) atoms. The standard InChI is InChI=1S/C16H34S/c1-5-8-10-11-13-16(4,12-9-6-2)14-15-17-7-3/h5-15H2,1-4H3. The molecule has 0 heterocycles. The van der Waals surface area contributed by atoms with E-state index in [4.69, 9.17) is 0 Å². The zero-order chi connectivity index (χ0) is 13.0. The van der Waals surface area contributed by atoms with Crippen LogP contribution in [0, 0.1) is 5.41 Å². The van der Waals surface area contributed by atoms with Crippen molar-refractivity contribution in [2.75, 3.05) is 11.5 Å². The Morgan fingerprint density at radius 3 is 2.00 bits per heavy atom. The number of rotatable bonds is 12. The minimum absolute atomic E-state index is 0.631. The average Bonchev–Trinajstić information content (AvgIpc) is 2.33. The van der Waals surface area contributed by atoms with Gasteiger partial charge in [-0.15, -0.1) is 0 Å². The second-order valence-electron chi connectivity index (χ2n) is 5.67. The summed E-state index contributed by atoms with van der Waals surface area (Å²) in [6.07, 6.45) is 12.8. The Kier molecular flexibility index (Phi) is 11.7. The first kappa shape index (κ1) is 17.4. The van der Waals surface area contributed by atoms with Gasteiger partial charge in [0, 0.05) is 0 Å². The van der Waals surface area contributed by atoms with Gasteiger partial charge in [0.15, 0.2) is 0 Å². The maximum atomic E-state index is 2.53. The van der Waals surface area contributed by atoms with Crippen molar-refractivity contribution < 1.29 is 0 Å². The van der Waals surface area contributed by atoms with E-state index in [0.717, 1.165) is 0 Å². The molecule has 0 saturated heterocycles. The van der Waals surface area contributed by atoms with Gasteiger partial charge in [0.25, 0.3) is 0 Å². The largest absolute Gasteiger partial charge is 0.162 e. The van der Waals surface area contributed by atoms with E-state index in [0.29, 0.717) is 5.41 Å². The fourth-order valence-corrected chi connectivity index (χ4v) is 3.35. The van der Waals surface area contributed by atoms with Crippen LogP contribution in [0.3, 0.4) is 0 Å². The van der Waals surface area contributed by atoms with Crippen molar-refractivity contribution in [3.8, 4) is 0 Å². The van der Waals surface area contributed by atoms with Crippen LogP contribution in [0.25, 0.3) is 0 Å². The Bertz CT molecular complexity index is 156. The Morgan fingerprint density at radius 2 is 1.41 bits per heavy atom. The molecule has 0 rings (SSSR count). The van der Waals surface area contributed by atoms with E-state index in [-0.39, 0.29) is 0 Å². The molecule has 1 unspecified atom stereocenters. The number of hydrogen-bond acceptors (Lipinski definition) is 1. The molecular weight excluding hydrogens is 224 g/mol. The van der Waals surface area contributed by atoms with Crippen molar-refractivity contribution >= 4 is 11.8 Å². The smallest absolute Gasteiger partial charge is 0.00625 e. The highest BCUT2D eigenvalue weighted by Gasteiger charge is 2.22. The zero-order valence-corrected chi connectivity index (χ0v) is 13.5. The van der Waals surface area contributed by atoms with Crippen molar-refractivity contribution in [3.05, 3.63) is 0 Å². The summed E-state index contributed by atoms with van der Waals surface area (Å²) in [5, 5.41) is 0. The second-order valence-corrected chi connectivity index (χ2v) is 7.07. The monoisotopic (exact) mass is 258 g/mol. The summed E-state index contributed by atoms with van der Waals surface area (Å²) in [4.78, 5) is 0. The first-order valence-electron chi connectivity index (χ1n) is 7.76. The molecule has 104 valence electrons. The van der Waals surface area contributed by atoms with Gasteiger partial charge in [-0.2, -0.15) is 11.8 Å². The number of thioether (sulfide) groups is 1. The van der Waals surface area contributed by atoms with Gasteiger partial charge in [0.05, 0.1) is 0 Å². The summed E-state index contributed by atoms with van der Waals surface area (Å²) in [6.45, 7) is 9.42. The van der Waals surface area contributed by atoms with Gasteiger partial charge >= 0.3 is 0 Å². The highest BCUT2D eigenvalue weighted by atomic mass is 32.2. The van der Waals surface area contributed by atoms with E-state index in [1.165, 1.54) is 69.3 Å². The highest BCUT2D eigenvalue weighted by molar-refractivity contribution is 7.99. The lowest BCUT2D eigenvalue weighted by atomic mass is 9.78. The van der Waals surface area contributed by atoms with Gasteiger partial charge in [-0.1, -0.05) is 66.2 Å². The van der Waals surface area contributed by atoms with Crippen LogP contribution < -0.4 is 0 Å². The van der Waals surface area contributed by atoms with Crippen LogP contribution in [0.1, 0.15) is 85.5 Å². The Labute approximate surface area is 114 Å². The molecular formula is C16H34S. The molecule has 1 atom stereocenters. The molecule has 0 N–H and O–H groups in total. The normalized spacial score (nSPS) is 14.8. The zero-order valence-electron chi connectivity index (χ0n) is 12.7. The van der Waals surface area contributed by atoms with E-state index in [1.807, 2.05) is 0 Å². The molecule has 0 amide bonds. The van der Waals surface area contributed by atoms with Crippen molar-refractivity contribution in [3.63, 3.8) is 0 Å². The van der Waals surface area contributed by atoms with Crippen LogP contribution in [0.2, 0.25) is 0 Å². The fraction of sp³-hybridized carbons (Fsp3) is 1.00. The first-order valence-corrected chi connectivity index (χ1v) is 8.91. The van der Waals surface area contributed by atoms with Gasteiger partial charge < -0.3 is 0 Å². The Balaban J connectivity index is 3.90. The highest BCUT2D eigenvalue weighted by Crippen LogP contribution is 2.35. The maximum absolute atomic E-state index is 2.53. The van der Waals surface area contributed by atoms with Gasteiger partial charge in [-0.3, -0.25) is 0 Å². The van der Waals surface area contributed by atoms with E-state index >= 15 is 0 Å². The van der Waals surface area contributed by atoms with E-state index < -0.39 is 0 Å². The molecule has 0 aliphatic rings. The molecule has 0 bridgehead atoms. The van der Waals surface area contributed by atoms with Crippen molar-refractivity contribution in [1.29, 1.82) is 0 Å². The van der Waals surface area contributed by atoms with Crippen molar-refractivity contribution in [2.24, 2.45) is 5.41 Å². The van der Waals surface area contributed by atoms with Crippen LogP contribution in [-0.2, 0) is 0 Å². The SMILES string of the molecule is CCCCCCC(C)(CCCC)CCSCC. The third-order valence-corrected chi connectivity index (χ3v) is 4.72. The van der Waals surface area contributed by atoms with E-state index in [9.17, 15) is 0 Å². The summed E-state index contributed by atoms with van der Waals surface area (Å²) in [5.74, 6) is 2.64. The predicted molar refractivity (Wildman–Crippen MR) is 84.0 cm³/mol. The lowest BCUT2D eigenvalue weighted by molar-refractivity contribution is 0.246. The summed E-state index contributed by atoms with van der Waals surface area (Å²) in [6, 6.07) is 0. The molecule has 0 spiro atoms. The number of unbranched alkanes of at least 4 members (excludes halogenated alkanes) is 4. The van der Waals surface area contributed by atoms with Gasteiger partial charge in [0.2, 0.25) is 0 Å². The molecule has 1 heteroatoms. The molecule has 0 aromatic carbocycles. The quantitative estimate of drug-likeness (QED) is 0.370. The van der Waals surface area contributed by atoms with Crippen LogP contribution in [0.4, 0.5) is 0 Å². The molecule has 0 aromatic rings. The van der Waals surface area contributed by atoms with Crippen LogP contribution in [0.15, 0.2) is 0 Å². The Hall–Kier alpha value is 0.350. The van der Waals surface area contributed by atoms with Crippen molar-refractivity contribution in [2.45, 2.75) is 85.5 Å². The lowest BCUT2D eigenvalue weighted by Gasteiger charge is -2.30. The lowest BCUT2D eigenvalue weighted by Crippen LogP contribution is -2.17. The maximum Gasteiger partial charge on any atom is -0.00625 e. The van der Waals surface area contributed by atoms with Crippen LogP contribution in [0.5, 0.6) is 0 Å². The molecule has 0 saturated carbocycles. The summed E-state index contributed by atoms with van der Waals surface area (Å²) in [7, 11) is 0. The third kappa shape index (κ3) is 10.00. The first-order chi connectivity index (χ1) is 8.18. The fourth-order valence-electron chi connectivity index (χ4n) is 2.42. The minimum Gasteiger partial charge on any atom is -0.162 e. The summed E-state index contributed by atoms with van der Waals surface area (Å²) >= 11 is 2.11. The molecule has 0 aromatic heterocycles. The topological polar surface area (TPSA) is 0 Å². The van der Waals surface area contributed by atoms with E-state index in [2.05, 4.69) is 39.5 Å². The number of hydrogen-bond donors (Lipinski definition) is 0. The minimum atomic E-state index is 0.631. The van der Waals surface area contributed by atoms with Crippen LogP contribution in [-0.4, -0.2) is 11.5 Å².